The lowest BCUT2D eigenvalue weighted by Crippen LogP contribution is -2.16. The topological polar surface area (TPSA) is 38.0 Å². The van der Waals surface area contributed by atoms with E-state index in [0.717, 1.165) is 0 Å². The molecule has 0 amide bonds. The van der Waals surface area contributed by atoms with Gasteiger partial charge in [-0.1, -0.05) is 12.2 Å². The van der Waals surface area contributed by atoms with Crippen molar-refractivity contribution in [1.82, 2.24) is 5.32 Å². The Morgan fingerprint density at radius 3 is 2.56 bits per heavy atom. The van der Waals surface area contributed by atoms with Gasteiger partial charge in [0.1, 0.15) is 0 Å². The minimum atomic E-state index is 0.406. The fourth-order valence-corrected chi connectivity index (χ4v) is 0.391. The molecular formula is C6H12N2S. The summed E-state index contributed by atoms with van der Waals surface area (Å²) in [4.78, 5) is 0.406. The molecule has 0 saturated heterocycles. The molecule has 0 aromatic heterocycles. The quantitative estimate of drug-likeness (QED) is 0.454. The van der Waals surface area contributed by atoms with E-state index in [4.69, 9.17) is 5.73 Å². The van der Waals surface area contributed by atoms with E-state index in [2.05, 4.69) is 17.5 Å². The lowest BCUT2D eigenvalue weighted by Gasteiger charge is -2.01. The molecule has 0 aliphatic heterocycles. The van der Waals surface area contributed by atoms with Crippen LogP contribution >= 0.6 is 12.2 Å². The van der Waals surface area contributed by atoms with Crippen molar-refractivity contribution in [3.8, 4) is 0 Å². The van der Waals surface area contributed by atoms with E-state index in [1.54, 1.807) is 12.3 Å². The summed E-state index contributed by atoms with van der Waals surface area (Å²) in [5.74, 6) is 0. The molecule has 52 valence electrons. The average molecular weight is 144 g/mol. The van der Waals surface area contributed by atoms with Gasteiger partial charge in [0.15, 0.2) is 0 Å². The summed E-state index contributed by atoms with van der Waals surface area (Å²) in [7, 11) is 0. The van der Waals surface area contributed by atoms with E-state index >= 15 is 0 Å². The van der Waals surface area contributed by atoms with Gasteiger partial charge in [-0.25, -0.2) is 0 Å². The van der Waals surface area contributed by atoms with E-state index in [1.807, 2.05) is 13.8 Å². The zero-order valence-corrected chi connectivity index (χ0v) is 6.53. The third kappa shape index (κ3) is 7.43. The van der Waals surface area contributed by atoms with Crippen LogP contribution in [0.3, 0.4) is 0 Å². The van der Waals surface area contributed by atoms with Crippen molar-refractivity contribution in [3.05, 3.63) is 12.3 Å². The van der Waals surface area contributed by atoms with Gasteiger partial charge in [-0.15, -0.1) is 0 Å². The van der Waals surface area contributed by atoms with Gasteiger partial charge >= 0.3 is 0 Å². The molecule has 0 rings (SSSR count). The van der Waals surface area contributed by atoms with Crippen molar-refractivity contribution in [2.24, 2.45) is 5.73 Å². The third-order valence-corrected chi connectivity index (χ3v) is 0.813. The monoisotopic (exact) mass is 144 g/mol. The maximum Gasteiger partial charge on any atom is 0.0976 e. The minimum Gasteiger partial charge on any atom is -0.390 e. The van der Waals surface area contributed by atoms with Gasteiger partial charge in [-0.3, -0.25) is 0 Å². The lowest BCUT2D eigenvalue weighted by atomic mass is 10.4. The largest absolute Gasteiger partial charge is 0.390 e. The second-order valence-corrected chi connectivity index (χ2v) is 2.53. The summed E-state index contributed by atoms with van der Waals surface area (Å²) >= 11 is 4.60. The molecule has 0 radical (unpaired) electrons. The molecule has 0 atom stereocenters. The highest BCUT2D eigenvalue weighted by molar-refractivity contribution is 7.80. The van der Waals surface area contributed by atoms with Gasteiger partial charge in [0.2, 0.25) is 0 Å². The van der Waals surface area contributed by atoms with Gasteiger partial charge in [0.25, 0.3) is 0 Å². The minimum absolute atomic E-state index is 0.406. The standard InChI is InChI=1S/C6H12N2S/c1-5(2)8-4-3-6(7)9/h3-5,8H,1-2H3,(H2,7,9). The first-order chi connectivity index (χ1) is 4.13. The highest BCUT2D eigenvalue weighted by Gasteiger charge is 1.82. The van der Waals surface area contributed by atoms with E-state index in [-0.39, 0.29) is 0 Å². The Balaban J connectivity index is 3.36. The highest BCUT2D eigenvalue weighted by Crippen LogP contribution is 1.76. The maximum atomic E-state index is 5.18. The molecule has 0 aliphatic rings. The van der Waals surface area contributed by atoms with Crippen LogP contribution in [0.5, 0.6) is 0 Å². The Kier molecular flexibility index (Phi) is 4.05. The van der Waals surface area contributed by atoms with Crippen LogP contribution in [0, 0.1) is 0 Å². The number of rotatable bonds is 3. The summed E-state index contributed by atoms with van der Waals surface area (Å²) in [6.45, 7) is 4.09. The SMILES string of the molecule is CC(C)NC=CC(N)=S. The van der Waals surface area contributed by atoms with Crippen LogP contribution in [0.2, 0.25) is 0 Å². The van der Waals surface area contributed by atoms with Crippen LogP contribution < -0.4 is 11.1 Å². The summed E-state index contributed by atoms with van der Waals surface area (Å²) in [5.41, 5.74) is 5.18. The summed E-state index contributed by atoms with van der Waals surface area (Å²) < 4.78 is 0. The van der Waals surface area contributed by atoms with Gasteiger partial charge in [0, 0.05) is 6.04 Å². The predicted octanol–water partition coefficient (Wildman–Crippen LogP) is 0.784. The van der Waals surface area contributed by atoms with E-state index in [1.165, 1.54) is 0 Å². The molecule has 0 unspecified atom stereocenters. The molecular weight excluding hydrogens is 132 g/mol. The number of nitrogens with two attached hydrogens (primary N) is 1. The Bertz CT molecular complexity index is 118. The van der Waals surface area contributed by atoms with Crippen molar-refractivity contribution < 1.29 is 0 Å². The summed E-state index contributed by atoms with van der Waals surface area (Å²) in [6.07, 6.45) is 3.42. The number of thiocarbonyl (C=S) groups is 1. The summed E-state index contributed by atoms with van der Waals surface area (Å²) in [6, 6.07) is 0.440. The first-order valence-electron chi connectivity index (χ1n) is 2.85. The van der Waals surface area contributed by atoms with Crippen molar-refractivity contribution >= 4 is 17.2 Å². The van der Waals surface area contributed by atoms with Crippen molar-refractivity contribution in [1.29, 1.82) is 0 Å². The molecule has 2 nitrogen and oxygen atoms in total. The molecule has 3 heteroatoms. The number of hydrogen-bond acceptors (Lipinski definition) is 2. The molecule has 9 heavy (non-hydrogen) atoms. The Hall–Kier alpha value is -0.570. The van der Waals surface area contributed by atoms with Crippen molar-refractivity contribution in [3.63, 3.8) is 0 Å². The van der Waals surface area contributed by atoms with Crippen LogP contribution in [0.1, 0.15) is 13.8 Å². The summed E-state index contributed by atoms with van der Waals surface area (Å²) in [5, 5.41) is 3.03. The normalized spacial score (nSPS) is 10.6. The van der Waals surface area contributed by atoms with E-state index < -0.39 is 0 Å². The number of nitrogens with one attached hydrogen (secondary N) is 1. The average Bonchev–Trinajstić information content (AvgIpc) is 1.63. The van der Waals surface area contributed by atoms with E-state index in [0.29, 0.717) is 11.0 Å². The first-order valence-corrected chi connectivity index (χ1v) is 3.26. The highest BCUT2D eigenvalue weighted by atomic mass is 32.1. The molecule has 0 aromatic rings. The maximum absolute atomic E-state index is 5.18. The second-order valence-electron chi connectivity index (χ2n) is 2.06. The second kappa shape index (κ2) is 4.32. The van der Waals surface area contributed by atoms with Crippen LogP contribution in [0.15, 0.2) is 12.3 Å². The zero-order chi connectivity index (χ0) is 7.28. The van der Waals surface area contributed by atoms with Crippen LogP contribution in [-0.2, 0) is 0 Å². The molecule has 0 aliphatic carbocycles. The Morgan fingerprint density at radius 1 is 1.67 bits per heavy atom. The fourth-order valence-electron chi connectivity index (χ4n) is 0.323. The van der Waals surface area contributed by atoms with E-state index in [9.17, 15) is 0 Å². The molecule has 0 saturated carbocycles. The Morgan fingerprint density at radius 2 is 2.22 bits per heavy atom. The zero-order valence-electron chi connectivity index (χ0n) is 5.72. The van der Waals surface area contributed by atoms with Gasteiger partial charge in [-0.2, -0.15) is 0 Å². The van der Waals surface area contributed by atoms with Gasteiger partial charge in [0.05, 0.1) is 4.99 Å². The smallest absolute Gasteiger partial charge is 0.0976 e. The van der Waals surface area contributed by atoms with Crippen molar-refractivity contribution in [2.75, 3.05) is 0 Å². The Labute approximate surface area is 61.1 Å². The molecule has 3 N–H and O–H groups in total. The first kappa shape index (κ1) is 8.43. The molecule has 0 aromatic carbocycles. The lowest BCUT2D eigenvalue weighted by molar-refractivity contribution is 0.703. The van der Waals surface area contributed by atoms with Gasteiger partial charge in [-0.05, 0) is 26.1 Å². The molecule has 0 fully saturated rings. The van der Waals surface area contributed by atoms with Crippen molar-refractivity contribution in [2.45, 2.75) is 19.9 Å². The molecule has 0 spiro atoms. The van der Waals surface area contributed by atoms with Crippen LogP contribution in [-0.4, -0.2) is 11.0 Å². The predicted molar refractivity (Wildman–Crippen MR) is 44.2 cm³/mol. The third-order valence-electron chi connectivity index (χ3n) is 0.677. The van der Waals surface area contributed by atoms with Crippen LogP contribution in [0.25, 0.3) is 0 Å². The van der Waals surface area contributed by atoms with Crippen LogP contribution in [0.4, 0.5) is 0 Å². The number of hydrogen-bond donors (Lipinski definition) is 2. The fraction of sp³-hybridized carbons (Fsp3) is 0.500. The molecule has 0 bridgehead atoms. The molecule has 0 heterocycles. The van der Waals surface area contributed by atoms with Gasteiger partial charge < -0.3 is 11.1 Å².